The number of aromatic nitrogens is 2. The van der Waals surface area contributed by atoms with E-state index in [1.54, 1.807) is 6.20 Å². The third-order valence-electron chi connectivity index (χ3n) is 6.15. The summed E-state index contributed by atoms with van der Waals surface area (Å²) in [5.41, 5.74) is 3.04. The Balaban J connectivity index is 1.25. The molecule has 1 unspecified atom stereocenters. The van der Waals surface area contributed by atoms with Crippen molar-refractivity contribution >= 4 is 17.5 Å². The number of benzene rings is 1. The lowest BCUT2D eigenvalue weighted by molar-refractivity contribution is -0.139. The Hall–Kier alpha value is -3.45. The van der Waals surface area contributed by atoms with Crippen molar-refractivity contribution in [3.8, 4) is 0 Å². The van der Waals surface area contributed by atoms with Crippen LogP contribution in [0.15, 0.2) is 73.1 Å². The van der Waals surface area contributed by atoms with Gasteiger partial charge in [-0.3, -0.25) is 15.1 Å². The maximum absolute atomic E-state index is 11.7. The lowest BCUT2D eigenvalue weighted by Gasteiger charge is -2.34. The number of hydrogen-bond acceptors (Lipinski definition) is 6. The van der Waals surface area contributed by atoms with Crippen LogP contribution in [0, 0.1) is 5.92 Å². The SMILES string of the molecule is O=C(O)C(Cc1ccc(N2CCC(CNc3ccccn3)CC2)cc1)NCc1ccccn1. The predicted octanol–water partition coefficient (Wildman–Crippen LogP) is 3.59. The second-order valence-corrected chi connectivity index (χ2v) is 8.49. The van der Waals surface area contributed by atoms with Crippen LogP contribution in [-0.4, -0.2) is 46.7 Å². The first kappa shape index (κ1) is 22.7. The fourth-order valence-electron chi connectivity index (χ4n) is 4.17. The summed E-state index contributed by atoms with van der Waals surface area (Å²) >= 11 is 0. The third kappa shape index (κ3) is 6.76. The first-order valence-electron chi connectivity index (χ1n) is 11.5. The first-order valence-corrected chi connectivity index (χ1v) is 11.5. The maximum atomic E-state index is 11.7. The molecule has 3 N–H and O–H groups in total. The molecule has 1 aromatic carbocycles. The van der Waals surface area contributed by atoms with Gasteiger partial charge in [-0.1, -0.05) is 24.3 Å². The van der Waals surface area contributed by atoms with Gasteiger partial charge in [0.25, 0.3) is 0 Å². The molecule has 4 rings (SSSR count). The second kappa shape index (κ2) is 11.4. The van der Waals surface area contributed by atoms with Gasteiger partial charge in [0.1, 0.15) is 11.9 Å². The van der Waals surface area contributed by atoms with Crippen molar-refractivity contribution in [3.05, 3.63) is 84.3 Å². The Bertz CT molecular complexity index is 990. The van der Waals surface area contributed by atoms with Crippen molar-refractivity contribution in [2.24, 2.45) is 5.92 Å². The van der Waals surface area contributed by atoms with E-state index in [9.17, 15) is 9.90 Å². The molecule has 0 radical (unpaired) electrons. The highest BCUT2D eigenvalue weighted by molar-refractivity contribution is 5.74. The fourth-order valence-corrected chi connectivity index (χ4v) is 4.17. The van der Waals surface area contributed by atoms with Gasteiger partial charge in [-0.2, -0.15) is 0 Å². The monoisotopic (exact) mass is 445 g/mol. The molecule has 172 valence electrons. The summed E-state index contributed by atoms with van der Waals surface area (Å²) in [5, 5.41) is 16.2. The van der Waals surface area contributed by atoms with E-state index in [-0.39, 0.29) is 0 Å². The Kier molecular flexibility index (Phi) is 7.87. The maximum Gasteiger partial charge on any atom is 0.321 e. The normalized spacial score (nSPS) is 15.2. The minimum atomic E-state index is -0.851. The smallest absolute Gasteiger partial charge is 0.321 e. The molecule has 3 heterocycles. The van der Waals surface area contributed by atoms with Crippen molar-refractivity contribution in [1.29, 1.82) is 0 Å². The van der Waals surface area contributed by atoms with Crippen LogP contribution in [-0.2, 0) is 17.8 Å². The zero-order valence-corrected chi connectivity index (χ0v) is 18.7. The lowest BCUT2D eigenvalue weighted by atomic mass is 9.96. The van der Waals surface area contributed by atoms with E-state index in [2.05, 4.69) is 37.6 Å². The molecule has 0 amide bonds. The average Bonchev–Trinajstić information content (AvgIpc) is 2.87. The van der Waals surface area contributed by atoms with Crippen molar-refractivity contribution in [3.63, 3.8) is 0 Å². The summed E-state index contributed by atoms with van der Waals surface area (Å²) in [5.74, 6) is 0.727. The number of pyridine rings is 2. The number of nitrogens with one attached hydrogen (secondary N) is 2. The van der Waals surface area contributed by atoms with Crippen molar-refractivity contribution in [2.75, 3.05) is 29.9 Å². The zero-order chi connectivity index (χ0) is 22.9. The largest absolute Gasteiger partial charge is 0.480 e. The second-order valence-electron chi connectivity index (χ2n) is 8.49. The molecule has 7 nitrogen and oxygen atoms in total. The van der Waals surface area contributed by atoms with Gasteiger partial charge >= 0.3 is 5.97 Å². The molecule has 7 heteroatoms. The summed E-state index contributed by atoms with van der Waals surface area (Å²) < 4.78 is 0. The van der Waals surface area contributed by atoms with E-state index in [0.29, 0.717) is 18.9 Å². The lowest BCUT2D eigenvalue weighted by Crippen LogP contribution is -2.38. The van der Waals surface area contributed by atoms with E-state index in [1.807, 2.05) is 54.7 Å². The molecule has 1 aliphatic heterocycles. The standard InChI is InChI=1S/C26H31N5O2/c32-26(33)24(29-19-22-5-1-3-13-27-22)17-20-7-9-23(10-8-20)31-15-11-21(12-16-31)18-30-25-6-2-4-14-28-25/h1-10,13-14,21,24,29H,11-12,15-19H2,(H,28,30)(H,32,33). The quantitative estimate of drug-likeness (QED) is 0.439. The summed E-state index contributed by atoms with van der Waals surface area (Å²) in [7, 11) is 0. The van der Waals surface area contributed by atoms with Gasteiger partial charge in [0.2, 0.25) is 0 Å². The number of carbonyl (C=O) groups is 1. The molecule has 2 aromatic heterocycles. The Labute approximate surface area is 194 Å². The van der Waals surface area contributed by atoms with Gasteiger partial charge in [-0.15, -0.1) is 0 Å². The molecular formula is C26H31N5O2. The predicted molar refractivity (Wildman–Crippen MR) is 130 cm³/mol. The van der Waals surface area contributed by atoms with Crippen LogP contribution in [0.2, 0.25) is 0 Å². The van der Waals surface area contributed by atoms with Gasteiger partial charge in [-0.05, 0) is 67.1 Å². The van der Waals surface area contributed by atoms with Crippen molar-refractivity contribution < 1.29 is 9.90 Å². The molecule has 0 spiro atoms. The van der Waals surface area contributed by atoms with E-state index < -0.39 is 12.0 Å². The minimum absolute atomic E-state index is 0.431. The van der Waals surface area contributed by atoms with Crippen LogP contribution in [0.1, 0.15) is 24.1 Å². The molecule has 1 atom stereocenters. The van der Waals surface area contributed by atoms with Crippen molar-refractivity contribution in [2.45, 2.75) is 31.8 Å². The Morgan fingerprint density at radius 1 is 1.00 bits per heavy atom. The summed E-state index contributed by atoms with van der Waals surface area (Å²) in [6.07, 6.45) is 6.24. The van der Waals surface area contributed by atoms with Crippen LogP contribution in [0.3, 0.4) is 0 Å². The molecule has 3 aromatic rings. The number of aliphatic carboxylic acids is 1. The number of rotatable bonds is 10. The van der Waals surface area contributed by atoms with Crippen LogP contribution >= 0.6 is 0 Å². The van der Waals surface area contributed by atoms with Gasteiger partial charge in [0.05, 0.1) is 5.69 Å². The number of nitrogens with zero attached hydrogens (tertiary/aromatic N) is 3. The molecule has 0 aliphatic carbocycles. The van der Waals surface area contributed by atoms with Crippen LogP contribution < -0.4 is 15.5 Å². The highest BCUT2D eigenvalue weighted by atomic mass is 16.4. The molecule has 1 saturated heterocycles. The van der Waals surface area contributed by atoms with Gasteiger partial charge in [0, 0.05) is 44.3 Å². The molecule has 1 fully saturated rings. The summed E-state index contributed by atoms with van der Waals surface area (Å²) in [4.78, 5) is 22.7. The Morgan fingerprint density at radius 3 is 2.36 bits per heavy atom. The molecule has 33 heavy (non-hydrogen) atoms. The number of carboxylic acids is 1. The van der Waals surface area contributed by atoms with E-state index in [1.165, 1.54) is 5.69 Å². The third-order valence-corrected chi connectivity index (χ3v) is 6.15. The Morgan fingerprint density at radius 2 is 1.73 bits per heavy atom. The summed E-state index contributed by atoms with van der Waals surface area (Å²) in [6, 6.07) is 19.2. The molecule has 0 saturated carbocycles. The average molecular weight is 446 g/mol. The molecular weight excluding hydrogens is 414 g/mol. The van der Waals surface area contributed by atoms with Gasteiger partial charge in [-0.25, -0.2) is 4.98 Å². The first-order chi connectivity index (χ1) is 16.2. The number of anilines is 2. The number of piperidine rings is 1. The van der Waals surface area contributed by atoms with E-state index >= 15 is 0 Å². The van der Waals surface area contributed by atoms with E-state index in [4.69, 9.17) is 0 Å². The fraction of sp³-hybridized carbons (Fsp3) is 0.346. The number of hydrogen-bond donors (Lipinski definition) is 3. The summed E-state index contributed by atoms with van der Waals surface area (Å²) in [6.45, 7) is 3.43. The van der Waals surface area contributed by atoms with Gasteiger partial charge < -0.3 is 15.3 Å². The van der Waals surface area contributed by atoms with Crippen molar-refractivity contribution in [1.82, 2.24) is 15.3 Å². The van der Waals surface area contributed by atoms with Crippen LogP contribution in [0.5, 0.6) is 0 Å². The van der Waals surface area contributed by atoms with E-state index in [0.717, 1.165) is 49.6 Å². The minimum Gasteiger partial charge on any atom is -0.480 e. The molecule has 0 bridgehead atoms. The highest BCUT2D eigenvalue weighted by Gasteiger charge is 2.20. The number of carboxylic acid groups (broad SMARTS) is 1. The highest BCUT2D eigenvalue weighted by Crippen LogP contribution is 2.24. The van der Waals surface area contributed by atoms with Gasteiger partial charge in [0.15, 0.2) is 0 Å². The topological polar surface area (TPSA) is 90.4 Å². The van der Waals surface area contributed by atoms with Crippen LogP contribution in [0.4, 0.5) is 11.5 Å². The zero-order valence-electron chi connectivity index (χ0n) is 18.7. The molecule has 1 aliphatic rings. The van der Waals surface area contributed by atoms with Crippen LogP contribution in [0.25, 0.3) is 0 Å².